The molecule has 146 valence electrons. The van der Waals surface area contributed by atoms with E-state index in [1.807, 2.05) is 42.5 Å². The van der Waals surface area contributed by atoms with Gasteiger partial charge in [-0.3, -0.25) is 9.59 Å². The first-order chi connectivity index (χ1) is 13.5. The molecule has 0 spiro atoms. The summed E-state index contributed by atoms with van der Waals surface area (Å²) in [7, 11) is 0. The second-order valence-electron chi connectivity index (χ2n) is 7.48. The number of ether oxygens (including phenoxy) is 2. The Morgan fingerprint density at radius 2 is 1.82 bits per heavy atom. The zero-order valence-electron chi connectivity index (χ0n) is 15.7. The molecule has 4 rings (SSSR count). The molecule has 1 fully saturated rings. The fourth-order valence-corrected chi connectivity index (χ4v) is 3.54. The SMILES string of the molecule is CC(Cc1ccc(NC(=O)C2CC2c2ccc3c(c2)OCCO3)cc1)C(=O)O. The normalized spacial score (nSPS) is 20.9. The molecule has 1 heterocycles. The Kier molecular flexibility index (Phi) is 4.94. The predicted octanol–water partition coefficient (Wildman–Crippen LogP) is 3.46. The number of hydrogen-bond donors (Lipinski definition) is 2. The molecule has 28 heavy (non-hydrogen) atoms. The molecule has 0 radical (unpaired) electrons. The van der Waals surface area contributed by atoms with Gasteiger partial charge >= 0.3 is 5.97 Å². The van der Waals surface area contributed by atoms with Crippen LogP contribution >= 0.6 is 0 Å². The van der Waals surface area contributed by atoms with Crippen molar-refractivity contribution in [2.24, 2.45) is 11.8 Å². The van der Waals surface area contributed by atoms with Gasteiger partial charge in [0.2, 0.25) is 5.91 Å². The highest BCUT2D eigenvalue weighted by Crippen LogP contribution is 2.49. The average molecular weight is 381 g/mol. The number of benzene rings is 2. The van der Waals surface area contributed by atoms with Crippen LogP contribution in [0, 0.1) is 11.8 Å². The fraction of sp³-hybridized carbons (Fsp3) is 0.364. The summed E-state index contributed by atoms with van der Waals surface area (Å²) < 4.78 is 11.2. The first-order valence-corrected chi connectivity index (χ1v) is 9.53. The third-order valence-electron chi connectivity index (χ3n) is 5.31. The van der Waals surface area contributed by atoms with Crippen molar-refractivity contribution in [3.05, 3.63) is 53.6 Å². The summed E-state index contributed by atoms with van der Waals surface area (Å²) in [6.45, 7) is 2.80. The number of carboxylic acids is 1. The van der Waals surface area contributed by atoms with Gasteiger partial charge in [0, 0.05) is 11.6 Å². The Hall–Kier alpha value is -3.02. The van der Waals surface area contributed by atoms with Crippen LogP contribution in [0.2, 0.25) is 0 Å². The van der Waals surface area contributed by atoms with Gasteiger partial charge in [0.15, 0.2) is 11.5 Å². The molecule has 0 aromatic heterocycles. The summed E-state index contributed by atoms with van der Waals surface area (Å²) in [5.41, 5.74) is 2.76. The molecule has 0 bridgehead atoms. The van der Waals surface area contributed by atoms with Gasteiger partial charge in [-0.25, -0.2) is 0 Å². The van der Waals surface area contributed by atoms with Gasteiger partial charge in [-0.05, 0) is 54.2 Å². The lowest BCUT2D eigenvalue weighted by Gasteiger charge is -2.18. The maximum atomic E-state index is 12.6. The Bertz CT molecular complexity index is 892. The predicted molar refractivity (Wildman–Crippen MR) is 104 cm³/mol. The highest BCUT2D eigenvalue weighted by atomic mass is 16.6. The Morgan fingerprint density at radius 3 is 2.54 bits per heavy atom. The highest BCUT2D eigenvalue weighted by molar-refractivity contribution is 5.95. The number of hydrogen-bond acceptors (Lipinski definition) is 4. The second-order valence-corrected chi connectivity index (χ2v) is 7.48. The second kappa shape index (κ2) is 7.54. The van der Waals surface area contributed by atoms with Crippen molar-refractivity contribution >= 4 is 17.6 Å². The lowest BCUT2D eigenvalue weighted by Crippen LogP contribution is -2.16. The van der Waals surface area contributed by atoms with Crippen LogP contribution in [0.1, 0.15) is 30.4 Å². The minimum absolute atomic E-state index is 0.00606. The van der Waals surface area contributed by atoms with E-state index in [4.69, 9.17) is 14.6 Å². The van der Waals surface area contributed by atoms with Crippen molar-refractivity contribution in [1.82, 2.24) is 0 Å². The molecule has 3 unspecified atom stereocenters. The topological polar surface area (TPSA) is 84.9 Å². The van der Waals surface area contributed by atoms with Gasteiger partial charge in [0.1, 0.15) is 13.2 Å². The van der Waals surface area contributed by atoms with Crippen LogP contribution in [-0.4, -0.2) is 30.2 Å². The molecule has 0 saturated heterocycles. The van der Waals surface area contributed by atoms with E-state index in [2.05, 4.69) is 5.32 Å². The van der Waals surface area contributed by atoms with E-state index in [0.29, 0.717) is 19.6 Å². The summed E-state index contributed by atoms with van der Waals surface area (Å²) in [6.07, 6.45) is 1.29. The number of carbonyl (C=O) groups is 2. The average Bonchev–Trinajstić information content (AvgIpc) is 3.50. The molecule has 2 aliphatic rings. The zero-order chi connectivity index (χ0) is 19.7. The Labute approximate surface area is 163 Å². The molecule has 2 aromatic rings. The van der Waals surface area contributed by atoms with Gasteiger partial charge in [0.05, 0.1) is 5.92 Å². The molecule has 1 saturated carbocycles. The minimum atomic E-state index is -0.809. The van der Waals surface area contributed by atoms with Gasteiger partial charge in [-0.2, -0.15) is 0 Å². The maximum Gasteiger partial charge on any atom is 0.306 e. The first-order valence-electron chi connectivity index (χ1n) is 9.53. The van der Waals surface area contributed by atoms with E-state index < -0.39 is 11.9 Å². The van der Waals surface area contributed by atoms with Gasteiger partial charge in [-0.15, -0.1) is 0 Å². The highest BCUT2D eigenvalue weighted by Gasteiger charge is 2.44. The summed E-state index contributed by atoms with van der Waals surface area (Å²) >= 11 is 0. The van der Waals surface area contributed by atoms with Crippen LogP contribution in [0.3, 0.4) is 0 Å². The number of carbonyl (C=O) groups excluding carboxylic acids is 1. The number of rotatable bonds is 6. The summed E-state index contributed by atoms with van der Waals surface area (Å²) in [6, 6.07) is 13.3. The van der Waals surface area contributed by atoms with Gasteiger partial charge in [-0.1, -0.05) is 25.1 Å². The molecule has 6 nitrogen and oxygen atoms in total. The van der Waals surface area contributed by atoms with Crippen molar-refractivity contribution in [2.45, 2.75) is 25.7 Å². The smallest absolute Gasteiger partial charge is 0.306 e. The fourth-order valence-electron chi connectivity index (χ4n) is 3.54. The number of carboxylic acid groups (broad SMARTS) is 1. The van der Waals surface area contributed by atoms with E-state index >= 15 is 0 Å². The van der Waals surface area contributed by atoms with Crippen molar-refractivity contribution in [1.29, 1.82) is 0 Å². The van der Waals surface area contributed by atoms with Crippen LogP contribution in [0.25, 0.3) is 0 Å². The maximum absolute atomic E-state index is 12.6. The summed E-state index contributed by atoms with van der Waals surface area (Å²) in [5, 5.41) is 12.0. The number of amides is 1. The van der Waals surface area contributed by atoms with Crippen molar-refractivity contribution in [3.63, 3.8) is 0 Å². The molecular formula is C22H23NO5. The molecule has 1 aliphatic heterocycles. The first kappa shape index (κ1) is 18.3. The molecule has 2 N–H and O–H groups in total. The number of nitrogens with one attached hydrogen (secondary N) is 1. The van der Waals surface area contributed by atoms with Crippen LogP contribution in [0.5, 0.6) is 11.5 Å². The largest absolute Gasteiger partial charge is 0.486 e. The van der Waals surface area contributed by atoms with E-state index in [9.17, 15) is 9.59 Å². The monoisotopic (exact) mass is 381 g/mol. The number of anilines is 1. The molecule has 2 aromatic carbocycles. The van der Waals surface area contributed by atoms with E-state index in [0.717, 1.165) is 34.7 Å². The molecule has 6 heteroatoms. The van der Waals surface area contributed by atoms with Gasteiger partial charge < -0.3 is 19.9 Å². The minimum Gasteiger partial charge on any atom is -0.486 e. The molecule has 1 aliphatic carbocycles. The van der Waals surface area contributed by atoms with Crippen LogP contribution < -0.4 is 14.8 Å². The summed E-state index contributed by atoms with van der Waals surface area (Å²) in [4.78, 5) is 23.5. The molecular weight excluding hydrogens is 358 g/mol. The van der Waals surface area contributed by atoms with Crippen molar-refractivity contribution in [2.75, 3.05) is 18.5 Å². The Morgan fingerprint density at radius 1 is 1.11 bits per heavy atom. The van der Waals surface area contributed by atoms with E-state index in [-0.39, 0.29) is 17.7 Å². The van der Waals surface area contributed by atoms with E-state index in [1.165, 1.54) is 0 Å². The quantitative estimate of drug-likeness (QED) is 0.800. The Balaban J connectivity index is 1.34. The number of aliphatic carboxylic acids is 1. The van der Waals surface area contributed by atoms with Crippen molar-refractivity contribution < 1.29 is 24.2 Å². The van der Waals surface area contributed by atoms with Crippen molar-refractivity contribution in [3.8, 4) is 11.5 Å². The molecule has 1 amide bonds. The zero-order valence-corrected chi connectivity index (χ0v) is 15.7. The van der Waals surface area contributed by atoms with Gasteiger partial charge in [0.25, 0.3) is 0 Å². The lowest BCUT2D eigenvalue weighted by molar-refractivity contribution is -0.141. The third-order valence-corrected chi connectivity index (χ3v) is 5.31. The summed E-state index contributed by atoms with van der Waals surface area (Å²) in [5.74, 6) is 0.428. The third kappa shape index (κ3) is 3.96. The van der Waals surface area contributed by atoms with Crippen LogP contribution in [0.15, 0.2) is 42.5 Å². The van der Waals surface area contributed by atoms with Crippen LogP contribution in [-0.2, 0) is 16.0 Å². The lowest BCUT2D eigenvalue weighted by atomic mass is 10.0. The van der Waals surface area contributed by atoms with Crippen LogP contribution in [0.4, 0.5) is 5.69 Å². The standard InChI is InChI=1S/C22H23NO5/c1-13(22(25)26)10-14-2-5-16(6-3-14)23-21(24)18-12-17(18)15-4-7-19-20(11-15)28-9-8-27-19/h2-7,11,13,17-18H,8-10,12H2,1H3,(H,23,24)(H,25,26). The number of fused-ring (bicyclic) bond motifs is 1. The van der Waals surface area contributed by atoms with E-state index in [1.54, 1.807) is 6.92 Å². The molecule has 3 atom stereocenters.